The zero-order valence-corrected chi connectivity index (χ0v) is 26.5. The van der Waals surface area contributed by atoms with Crippen LogP contribution < -0.4 is 10.1 Å². The number of aliphatic imine (C=N–C) groups is 1. The fraction of sp³-hybridized carbons (Fsp3) is 0.394. The number of benzene rings is 3. The smallest absolute Gasteiger partial charge is 0.252 e. The van der Waals surface area contributed by atoms with Gasteiger partial charge in [-0.2, -0.15) is 0 Å². The topological polar surface area (TPSA) is 163 Å². The fourth-order valence-corrected chi connectivity index (χ4v) is 6.32. The number of ether oxygens (including phenoxy) is 2. The lowest BCUT2D eigenvalue weighted by Crippen LogP contribution is -2.49. The van der Waals surface area contributed by atoms with Gasteiger partial charge in [0.1, 0.15) is 5.75 Å². The average Bonchev–Trinajstić information content (AvgIpc) is 3.42. The largest absolute Gasteiger partial charge is 0.494 e. The fourth-order valence-electron chi connectivity index (χ4n) is 4.94. The molecule has 0 saturated heterocycles. The van der Waals surface area contributed by atoms with Gasteiger partial charge in [0, 0.05) is 47.7 Å². The lowest BCUT2D eigenvalue weighted by Gasteiger charge is -2.31. The second-order valence-corrected chi connectivity index (χ2v) is 14.1. The van der Waals surface area contributed by atoms with Crippen molar-refractivity contribution < 1.29 is 27.8 Å². The molecule has 2 N–H and O–H groups in total. The van der Waals surface area contributed by atoms with Gasteiger partial charge >= 0.3 is 0 Å². The number of sulfone groups is 1. The van der Waals surface area contributed by atoms with E-state index >= 15 is 0 Å². The molecule has 3 aromatic rings. The van der Waals surface area contributed by atoms with E-state index in [4.69, 9.17) is 19.6 Å². The molecular weight excluding hydrogens is 594 g/mol. The van der Waals surface area contributed by atoms with Crippen LogP contribution in [0.1, 0.15) is 57.3 Å². The van der Waals surface area contributed by atoms with Crippen LogP contribution >= 0.6 is 0 Å². The molecule has 238 valence electrons. The molecule has 3 aromatic carbocycles. The summed E-state index contributed by atoms with van der Waals surface area (Å²) in [6.07, 6.45) is -0.142. The van der Waals surface area contributed by atoms with Gasteiger partial charge in [-0.15, -0.1) is 0 Å². The third kappa shape index (κ3) is 8.42. The van der Waals surface area contributed by atoms with E-state index in [2.05, 4.69) is 36.1 Å². The predicted octanol–water partition coefficient (Wildman–Crippen LogP) is 6.06. The zero-order valence-electron chi connectivity index (χ0n) is 25.7. The quantitative estimate of drug-likeness (QED) is 0.0948. The van der Waals surface area contributed by atoms with Crippen LogP contribution in [0.3, 0.4) is 0 Å². The highest BCUT2D eigenvalue weighted by molar-refractivity contribution is 7.91. The monoisotopic (exact) mass is 633 g/mol. The molecule has 0 bridgehead atoms. The second kappa shape index (κ2) is 14.6. The number of nitrogens with one attached hydrogen (secondary N) is 1. The molecule has 12 heteroatoms. The highest BCUT2D eigenvalue weighted by atomic mass is 32.2. The summed E-state index contributed by atoms with van der Waals surface area (Å²) < 4.78 is 39.1. The van der Waals surface area contributed by atoms with E-state index in [0.717, 1.165) is 0 Å². The number of carbonyl (C=O) groups is 1. The molecule has 45 heavy (non-hydrogen) atoms. The standard InChI is InChI=1S/C33H39N5O6S/c1-32(2,3)18-20-35-31(40)33(19-23-45(41,42)26-10-5-4-6-11-26)29(27-12-7-8-13-28(27)37-38-34)44-30(36-33)24-14-16-25(17-15-24)43-22-9-21-39/h4-8,10-17,29,39H,9,18-23H2,1-3H3,(H,35,40)/t29-,33-/m1/s1. The molecule has 0 aliphatic carbocycles. The molecule has 1 aliphatic heterocycles. The minimum absolute atomic E-state index is 0.0152. The Labute approximate surface area is 263 Å². The first-order valence-electron chi connectivity index (χ1n) is 14.8. The van der Waals surface area contributed by atoms with Crippen molar-refractivity contribution in [1.82, 2.24) is 5.32 Å². The summed E-state index contributed by atoms with van der Waals surface area (Å²) in [4.78, 5) is 22.3. The second-order valence-electron chi connectivity index (χ2n) is 12.0. The lowest BCUT2D eigenvalue weighted by atomic mass is 9.84. The third-order valence-electron chi connectivity index (χ3n) is 7.42. The van der Waals surface area contributed by atoms with Crippen LogP contribution in [0.15, 0.2) is 93.9 Å². The van der Waals surface area contributed by atoms with E-state index < -0.39 is 27.4 Å². The Hall–Kier alpha value is -4.38. The van der Waals surface area contributed by atoms with Crippen molar-refractivity contribution in [3.8, 4) is 5.75 Å². The van der Waals surface area contributed by atoms with Crippen molar-refractivity contribution in [1.29, 1.82) is 0 Å². The van der Waals surface area contributed by atoms with Gasteiger partial charge in [0.2, 0.25) is 5.90 Å². The van der Waals surface area contributed by atoms with Crippen LogP contribution in [0.2, 0.25) is 0 Å². The maximum absolute atomic E-state index is 14.3. The van der Waals surface area contributed by atoms with Gasteiger partial charge in [0.25, 0.3) is 5.91 Å². The molecular formula is C33H39N5O6S. The number of hydrogen-bond donors (Lipinski definition) is 2. The Bertz CT molecular complexity index is 1650. The van der Waals surface area contributed by atoms with E-state index in [9.17, 15) is 18.7 Å². The normalized spacial score (nSPS) is 18.0. The van der Waals surface area contributed by atoms with Crippen LogP contribution in [-0.2, 0) is 19.4 Å². The van der Waals surface area contributed by atoms with Crippen molar-refractivity contribution in [3.63, 3.8) is 0 Å². The Morgan fingerprint density at radius 1 is 1.09 bits per heavy atom. The van der Waals surface area contributed by atoms with Crippen molar-refractivity contribution in [2.45, 2.75) is 56.6 Å². The summed E-state index contributed by atoms with van der Waals surface area (Å²) in [5.74, 6) is -0.159. The highest BCUT2D eigenvalue weighted by Crippen LogP contribution is 2.46. The van der Waals surface area contributed by atoms with Gasteiger partial charge in [0.05, 0.1) is 17.3 Å². The van der Waals surface area contributed by atoms with Gasteiger partial charge in [-0.25, -0.2) is 13.4 Å². The molecule has 1 aliphatic rings. The number of nitrogens with zero attached hydrogens (tertiary/aromatic N) is 4. The Morgan fingerprint density at radius 2 is 1.78 bits per heavy atom. The summed E-state index contributed by atoms with van der Waals surface area (Å²) >= 11 is 0. The van der Waals surface area contributed by atoms with Crippen molar-refractivity contribution in [3.05, 3.63) is 100 Å². The summed E-state index contributed by atoms with van der Waals surface area (Å²) in [7, 11) is -3.81. The summed E-state index contributed by atoms with van der Waals surface area (Å²) in [5, 5.41) is 15.9. The first kappa shape index (κ1) is 33.5. The number of aliphatic hydroxyl groups is 1. The molecule has 2 atom stereocenters. The minimum atomic E-state index is -3.81. The highest BCUT2D eigenvalue weighted by Gasteiger charge is 2.54. The van der Waals surface area contributed by atoms with Gasteiger partial charge in [-0.3, -0.25) is 4.79 Å². The minimum Gasteiger partial charge on any atom is -0.494 e. The van der Waals surface area contributed by atoms with E-state index in [1.54, 1.807) is 66.7 Å². The van der Waals surface area contributed by atoms with Gasteiger partial charge < -0.3 is 19.9 Å². The van der Waals surface area contributed by atoms with Crippen molar-refractivity contribution >= 4 is 27.3 Å². The maximum atomic E-state index is 14.3. The molecule has 0 spiro atoms. The lowest BCUT2D eigenvalue weighted by molar-refractivity contribution is -0.129. The summed E-state index contributed by atoms with van der Waals surface area (Å²) in [6, 6.07) is 21.7. The number of carbonyl (C=O) groups excluding carboxylic acids is 1. The first-order valence-corrected chi connectivity index (χ1v) is 16.4. The zero-order chi connectivity index (χ0) is 32.5. The molecule has 11 nitrogen and oxygen atoms in total. The van der Waals surface area contributed by atoms with Crippen LogP contribution in [-0.4, -0.2) is 56.4 Å². The molecule has 0 unspecified atom stereocenters. The van der Waals surface area contributed by atoms with Crippen LogP contribution in [0.5, 0.6) is 5.75 Å². The Kier molecular flexibility index (Phi) is 10.9. The molecule has 1 heterocycles. The Balaban J connectivity index is 1.81. The van der Waals surface area contributed by atoms with Gasteiger partial charge in [0.15, 0.2) is 21.5 Å². The number of rotatable bonds is 14. The molecule has 0 radical (unpaired) electrons. The van der Waals surface area contributed by atoms with Gasteiger partial charge in [-0.1, -0.05) is 68.4 Å². The average molecular weight is 634 g/mol. The molecule has 0 saturated carbocycles. The van der Waals surface area contributed by atoms with Crippen LogP contribution in [0, 0.1) is 5.41 Å². The van der Waals surface area contributed by atoms with E-state index in [0.29, 0.717) is 42.9 Å². The number of aliphatic hydroxyl groups excluding tert-OH is 1. The van der Waals surface area contributed by atoms with Crippen molar-refractivity contribution in [2.75, 3.05) is 25.5 Å². The van der Waals surface area contributed by atoms with Crippen molar-refractivity contribution in [2.24, 2.45) is 15.5 Å². The third-order valence-corrected chi connectivity index (χ3v) is 9.15. The van der Waals surface area contributed by atoms with Gasteiger partial charge in [-0.05, 0) is 53.8 Å². The van der Waals surface area contributed by atoms with E-state index in [1.807, 2.05) is 0 Å². The maximum Gasteiger partial charge on any atom is 0.252 e. The van der Waals surface area contributed by atoms with E-state index in [1.165, 1.54) is 12.1 Å². The predicted molar refractivity (Wildman–Crippen MR) is 172 cm³/mol. The van der Waals surface area contributed by atoms with Crippen LogP contribution in [0.4, 0.5) is 5.69 Å². The first-order chi connectivity index (χ1) is 21.5. The molecule has 0 aromatic heterocycles. The molecule has 1 amide bonds. The summed E-state index contributed by atoms with van der Waals surface area (Å²) in [5.41, 5.74) is 8.71. The number of azide groups is 1. The van der Waals surface area contributed by atoms with E-state index in [-0.39, 0.29) is 40.7 Å². The van der Waals surface area contributed by atoms with Crippen LogP contribution in [0.25, 0.3) is 10.4 Å². The molecule has 0 fully saturated rings. The number of amides is 1. The SMILES string of the molecule is CC(C)(C)CCNC(=O)[C@]1(CCS(=O)(=O)c2ccccc2)N=C(c2ccc(OCCCO)cc2)O[C@@H]1c1ccccc1N=[N+]=[N-]. The number of hydrogen-bond acceptors (Lipinski definition) is 8. The summed E-state index contributed by atoms with van der Waals surface area (Å²) in [6.45, 7) is 6.89. The Morgan fingerprint density at radius 3 is 2.44 bits per heavy atom. The molecule has 4 rings (SSSR count).